The number of esters is 1. The third-order valence-electron chi connectivity index (χ3n) is 7.18. The maximum Gasteiger partial charge on any atom is 0.338 e. The van der Waals surface area contributed by atoms with Crippen LogP contribution in [0.1, 0.15) is 35.2 Å². The summed E-state index contributed by atoms with van der Waals surface area (Å²) in [5.74, 6) is 0.119. The molecule has 1 aromatic heterocycles. The van der Waals surface area contributed by atoms with Crippen molar-refractivity contribution in [2.45, 2.75) is 19.6 Å². The van der Waals surface area contributed by atoms with Crippen molar-refractivity contribution < 1.29 is 14.3 Å². The van der Waals surface area contributed by atoms with Crippen molar-refractivity contribution in [3.8, 4) is 5.75 Å². The monoisotopic (exact) mass is 892 g/mol. The summed E-state index contributed by atoms with van der Waals surface area (Å²) in [6.07, 6.45) is 1.83. The number of ether oxygens (including phenoxy) is 2. The van der Waals surface area contributed by atoms with E-state index in [0.717, 1.165) is 29.4 Å². The van der Waals surface area contributed by atoms with E-state index >= 15 is 0 Å². The van der Waals surface area contributed by atoms with Gasteiger partial charge in [-0.2, -0.15) is 0 Å². The highest BCUT2D eigenvalue weighted by Gasteiger charge is 2.35. The Kier molecular flexibility index (Phi) is 10.3. The summed E-state index contributed by atoms with van der Waals surface area (Å²) in [5, 5.41) is 0.923. The molecule has 0 amide bonds. The summed E-state index contributed by atoms with van der Waals surface area (Å²) in [7, 11) is 0. The predicted octanol–water partition coefficient (Wildman–Crippen LogP) is 8.03. The number of benzene rings is 4. The molecule has 46 heavy (non-hydrogen) atoms. The molecule has 0 unspecified atom stereocenters. The van der Waals surface area contributed by atoms with Crippen LogP contribution in [0.2, 0.25) is 10.0 Å². The van der Waals surface area contributed by atoms with E-state index < -0.39 is 12.0 Å². The van der Waals surface area contributed by atoms with E-state index in [2.05, 4.69) is 45.2 Å². The lowest BCUT2D eigenvalue weighted by Crippen LogP contribution is -2.40. The highest BCUT2D eigenvalue weighted by Crippen LogP contribution is 2.35. The molecule has 0 saturated heterocycles. The molecular formula is C35H24Cl2I2N2O4S. The van der Waals surface area contributed by atoms with Crippen molar-refractivity contribution >= 4 is 97.5 Å². The molecule has 0 bridgehead atoms. The summed E-state index contributed by atoms with van der Waals surface area (Å²) in [5.41, 5.74) is 3.66. The van der Waals surface area contributed by atoms with Gasteiger partial charge in [0.05, 0.1) is 42.1 Å². The van der Waals surface area contributed by atoms with Gasteiger partial charge in [-0.25, -0.2) is 9.79 Å². The fraction of sp³-hybridized carbons (Fsp3) is 0.114. The molecule has 1 aliphatic rings. The lowest BCUT2D eigenvalue weighted by Gasteiger charge is -2.25. The Morgan fingerprint density at radius 2 is 1.70 bits per heavy atom. The molecule has 232 valence electrons. The Labute approximate surface area is 306 Å². The van der Waals surface area contributed by atoms with E-state index in [4.69, 9.17) is 37.7 Å². The molecule has 6 nitrogen and oxygen atoms in total. The topological polar surface area (TPSA) is 69.9 Å². The second kappa shape index (κ2) is 14.4. The number of hydrogen-bond donors (Lipinski definition) is 0. The average molecular weight is 893 g/mol. The van der Waals surface area contributed by atoms with Crippen molar-refractivity contribution in [3.63, 3.8) is 0 Å². The number of hydrogen-bond acceptors (Lipinski definition) is 6. The second-order valence-corrected chi connectivity index (χ2v) is 14.4. The minimum Gasteiger partial charge on any atom is -0.487 e. The molecular weight excluding hydrogens is 869 g/mol. The van der Waals surface area contributed by atoms with Crippen molar-refractivity contribution in [3.05, 3.63) is 156 Å². The van der Waals surface area contributed by atoms with Gasteiger partial charge in [0.15, 0.2) is 4.80 Å². The van der Waals surface area contributed by atoms with E-state index in [-0.39, 0.29) is 18.8 Å². The third-order valence-corrected chi connectivity index (χ3v) is 10.3. The quantitative estimate of drug-likeness (QED) is 0.117. The Morgan fingerprint density at radius 3 is 2.39 bits per heavy atom. The Bertz CT molecular complexity index is 2170. The van der Waals surface area contributed by atoms with Crippen LogP contribution in [-0.2, 0) is 16.1 Å². The van der Waals surface area contributed by atoms with Crippen molar-refractivity contribution in [2.24, 2.45) is 4.99 Å². The van der Waals surface area contributed by atoms with Crippen molar-refractivity contribution in [2.75, 3.05) is 6.61 Å². The molecule has 0 saturated carbocycles. The number of carbonyl (C=O) groups excluding carboxylic acids is 1. The summed E-state index contributed by atoms with van der Waals surface area (Å²) >= 11 is 18.1. The summed E-state index contributed by atoms with van der Waals surface area (Å²) < 4.78 is 15.8. The smallest absolute Gasteiger partial charge is 0.338 e. The molecule has 11 heteroatoms. The summed E-state index contributed by atoms with van der Waals surface area (Å²) in [6, 6.07) is 27.6. The molecule has 4 aromatic carbocycles. The highest BCUT2D eigenvalue weighted by atomic mass is 127. The lowest BCUT2D eigenvalue weighted by molar-refractivity contribution is -0.138. The fourth-order valence-electron chi connectivity index (χ4n) is 5.16. The van der Waals surface area contributed by atoms with Crippen LogP contribution in [0.5, 0.6) is 5.75 Å². The van der Waals surface area contributed by atoms with E-state index in [1.54, 1.807) is 23.6 Å². The summed E-state index contributed by atoms with van der Waals surface area (Å²) in [4.78, 5) is 33.4. The Morgan fingerprint density at radius 1 is 0.978 bits per heavy atom. The van der Waals surface area contributed by atoms with Gasteiger partial charge >= 0.3 is 5.97 Å². The van der Waals surface area contributed by atoms with Crippen molar-refractivity contribution in [1.29, 1.82) is 0 Å². The lowest BCUT2D eigenvalue weighted by atomic mass is 9.93. The van der Waals surface area contributed by atoms with Gasteiger partial charge < -0.3 is 9.47 Å². The average Bonchev–Trinajstić information content (AvgIpc) is 3.36. The Hall–Kier alpha value is -2.97. The van der Waals surface area contributed by atoms with Crippen molar-refractivity contribution in [1.82, 2.24) is 4.57 Å². The van der Waals surface area contributed by atoms with Gasteiger partial charge in [-0.05, 0) is 93.6 Å². The maximum atomic E-state index is 14.3. The fourth-order valence-corrected chi connectivity index (χ4v) is 8.51. The first-order valence-electron chi connectivity index (χ1n) is 14.1. The van der Waals surface area contributed by atoms with Crippen LogP contribution < -0.4 is 19.6 Å². The molecule has 0 radical (unpaired) electrons. The van der Waals surface area contributed by atoms with Crippen LogP contribution in [0.3, 0.4) is 0 Å². The molecule has 5 aromatic rings. The van der Waals surface area contributed by atoms with E-state index in [1.807, 2.05) is 84.9 Å². The van der Waals surface area contributed by atoms with Gasteiger partial charge in [0.2, 0.25) is 0 Å². The minimum atomic E-state index is -0.740. The zero-order valence-electron chi connectivity index (χ0n) is 24.2. The molecule has 0 fully saturated rings. The van der Waals surface area contributed by atoms with Gasteiger partial charge in [-0.3, -0.25) is 9.36 Å². The molecule has 0 N–H and O–H groups in total. The largest absolute Gasteiger partial charge is 0.487 e. The molecule has 1 atom stereocenters. The number of rotatable bonds is 8. The SMILES string of the molecule is CCOC(=O)C1=C(c2ccccc2)N=c2s/c(=C\c3cc(I)cc(I)c3OCc3ccc(Cl)c(Cl)c3)c(=O)n2[C@@H]1c1ccccc1. The molecule has 6 rings (SSSR count). The van der Waals surface area contributed by atoms with Crippen LogP contribution >= 0.6 is 79.7 Å². The van der Waals surface area contributed by atoms with Gasteiger partial charge in [0.25, 0.3) is 5.56 Å². The standard InChI is InChI=1S/C35H24Cl2I2N2O4S/c1-2-44-34(43)29-30(21-9-5-3-6-10-21)40-35-41(31(29)22-11-7-4-8-12-22)33(42)28(46-35)17-23-16-24(38)18-27(39)32(23)45-19-20-13-14-25(36)26(37)15-20/h3-18,31H,2,19H2,1H3/b28-17-/t31-/m1/s1. The van der Waals surface area contributed by atoms with Gasteiger partial charge in [-0.1, -0.05) is 101 Å². The number of fused-ring (bicyclic) bond motifs is 1. The number of aromatic nitrogens is 1. The van der Waals surface area contributed by atoms with Crippen LogP contribution in [0.15, 0.2) is 106 Å². The predicted molar refractivity (Wildman–Crippen MR) is 200 cm³/mol. The zero-order valence-corrected chi connectivity index (χ0v) is 30.8. The van der Waals surface area contributed by atoms with Crippen LogP contribution in [0.25, 0.3) is 11.8 Å². The number of carbonyl (C=O) groups is 1. The molecule has 1 aliphatic heterocycles. The number of thiazole rings is 1. The second-order valence-electron chi connectivity index (χ2n) is 10.2. The van der Waals surface area contributed by atoms with Crippen LogP contribution in [0.4, 0.5) is 0 Å². The Balaban J connectivity index is 1.54. The number of halogens is 4. The van der Waals surface area contributed by atoms with Crippen LogP contribution in [0, 0.1) is 7.14 Å². The van der Waals surface area contributed by atoms with Crippen LogP contribution in [-0.4, -0.2) is 17.1 Å². The van der Waals surface area contributed by atoms with Gasteiger partial charge in [-0.15, -0.1) is 0 Å². The van der Waals surface area contributed by atoms with E-state index in [1.165, 1.54) is 11.3 Å². The van der Waals surface area contributed by atoms with E-state index in [0.29, 0.717) is 36.4 Å². The van der Waals surface area contributed by atoms with Gasteiger partial charge in [0.1, 0.15) is 12.4 Å². The summed E-state index contributed by atoms with van der Waals surface area (Å²) in [6.45, 7) is 2.21. The third kappa shape index (κ3) is 6.84. The first-order chi connectivity index (χ1) is 22.2. The first-order valence-corrected chi connectivity index (χ1v) is 17.9. The molecule has 2 heterocycles. The highest BCUT2D eigenvalue weighted by molar-refractivity contribution is 14.1. The normalized spacial score (nSPS) is 14.5. The van der Waals surface area contributed by atoms with E-state index in [9.17, 15) is 9.59 Å². The molecule has 0 aliphatic carbocycles. The number of nitrogens with zero attached hydrogens (tertiary/aromatic N) is 2. The first kappa shape index (κ1) is 33.0. The molecule has 0 spiro atoms. The van der Waals surface area contributed by atoms with Gasteiger partial charge in [0, 0.05) is 14.7 Å². The minimum absolute atomic E-state index is 0.187. The maximum absolute atomic E-state index is 14.3. The zero-order chi connectivity index (χ0) is 32.4.